The van der Waals surface area contributed by atoms with Gasteiger partial charge in [-0.3, -0.25) is 5.84 Å². The number of aromatic nitrogens is 2. The van der Waals surface area contributed by atoms with Crippen LogP contribution in [0, 0.1) is 0 Å². The number of piperazine rings is 1. The Kier molecular flexibility index (Phi) is 2.79. The van der Waals surface area contributed by atoms with Crippen molar-refractivity contribution >= 4 is 21.7 Å². The number of thiazole rings is 1. The summed E-state index contributed by atoms with van der Waals surface area (Å²) in [5.74, 6) is 6.09. The predicted molar refractivity (Wildman–Crippen MR) is 68.5 cm³/mol. The predicted octanol–water partition coefficient (Wildman–Crippen LogP) is 0.854. The molecule has 0 radical (unpaired) electrons. The number of nitrogens with zero attached hydrogens (tertiary/aromatic N) is 4. The summed E-state index contributed by atoms with van der Waals surface area (Å²) in [6.45, 7) is 2.83. The van der Waals surface area contributed by atoms with Crippen molar-refractivity contribution in [3.8, 4) is 0 Å². The van der Waals surface area contributed by atoms with Gasteiger partial charge in [-0.15, -0.1) is 11.3 Å². The highest BCUT2D eigenvalue weighted by Gasteiger charge is 2.26. The first-order chi connectivity index (χ1) is 8.25. The molecule has 0 aliphatic carbocycles. The van der Waals surface area contributed by atoms with Crippen LogP contribution in [0.4, 0.5) is 0 Å². The van der Waals surface area contributed by atoms with Crippen molar-refractivity contribution < 1.29 is 0 Å². The van der Waals surface area contributed by atoms with Crippen LogP contribution in [-0.2, 0) is 0 Å². The Morgan fingerprint density at radius 3 is 3.18 bits per heavy atom. The second-order valence-electron chi connectivity index (χ2n) is 4.42. The van der Waals surface area contributed by atoms with Gasteiger partial charge in [-0.25, -0.2) is 15.0 Å². The maximum atomic E-state index is 6.09. The Hall–Kier alpha value is -1.08. The number of likely N-dealkylation sites (N-methyl/N-ethyl adjacent to an activating group) is 1. The minimum atomic E-state index is 0.210. The number of nitrogens with two attached hydrogens (primary N) is 1. The van der Waals surface area contributed by atoms with Crippen LogP contribution in [0.25, 0.3) is 10.3 Å². The zero-order valence-corrected chi connectivity index (χ0v) is 10.5. The Labute approximate surface area is 104 Å². The molecule has 1 atom stereocenters. The number of fused-ring (bicyclic) bond motifs is 1. The molecular formula is C11H15N5S. The first-order valence-corrected chi connectivity index (χ1v) is 6.51. The summed E-state index contributed by atoms with van der Waals surface area (Å²) in [6, 6.07) is 2.24. The highest BCUT2D eigenvalue weighted by molar-refractivity contribution is 7.16. The van der Waals surface area contributed by atoms with Crippen LogP contribution in [0.3, 0.4) is 0 Å². The molecule has 0 saturated carbocycles. The second kappa shape index (κ2) is 4.30. The van der Waals surface area contributed by atoms with Gasteiger partial charge < -0.3 is 4.90 Å². The van der Waals surface area contributed by atoms with Crippen LogP contribution >= 0.6 is 11.3 Å². The smallest absolute Gasteiger partial charge is 0.143 e. The summed E-state index contributed by atoms with van der Waals surface area (Å²) in [6.07, 6.45) is 1.85. The molecule has 0 amide bonds. The van der Waals surface area contributed by atoms with Gasteiger partial charge in [0.05, 0.1) is 11.6 Å². The quantitative estimate of drug-likeness (QED) is 0.759. The van der Waals surface area contributed by atoms with E-state index in [2.05, 4.69) is 21.9 Å². The van der Waals surface area contributed by atoms with Gasteiger partial charge in [0, 0.05) is 31.4 Å². The highest BCUT2D eigenvalue weighted by Crippen LogP contribution is 2.28. The van der Waals surface area contributed by atoms with Crippen molar-refractivity contribution in [3.05, 3.63) is 23.3 Å². The van der Waals surface area contributed by atoms with Crippen molar-refractivity contribution in [2.24, 2.45) is 5.84 Å². The minimum Gasteiger partial charge on any atom is -0.303 e. The van der Waals surface area contributed by atoms with Crippen LogP contribution in [0.5, 0.6) is 0 Å². The first kappa shape index (κ1) is 11.0. The zero-order valence-electron chi connectivity index (χ0n) is 9.71. The van der Waals surface area contributed by atoms with Crippen LogP contribution in [0.2, 0.25) is 0 Å². The molecule has 1 aliphatic rings. The molecule has 1 fully saturated rings. The van der Waals surface area contributed by atoms with Crippen molar-refractivity contribution in [3.63, 3.8) is 0 Å². The molecule has 0 aromatic carbocycles. The van der Waals surface area contributed by atoms with Gasteiger partial charge in [0.15, 0.2) is 0 Å². The van der Waals surface area contributed by atoms with Crippen molar-refractivity contribution in [1.29, 1.82) is 0 Å². The molecule has 17 heavy (non-hydrogen) atoms. The van der Waals surface area contributed by atoms with Crippen molar-refractivity contribution in [2.75, 3.05) is 26.7 Å². The average Bonchev–Trinajstić information content (AvgIpc) is 2.80. The van der Waals surface area contributed by atoms with E-state index in [0.717, 1.165) is 30.0 Å². The standard InChI is InChI=1S/C11H15N5S/c1-15-4-5-16(12)9(6-15)8-2-3-13-11-10(8)14-7-17-11/h2-3,7,9H,4-6,12H2,1H3. The molecule has 5 nitrogen and oxygen atoms in total. The third kappa shape index (κ3) is 1.93. The zero-order chi connectivity index (χ0) is 11.8. The molecule has 0 bridgehead atoms. The molecular weight excluding hydrogens is 234 g/mol. The van der Waals surface area contributed by atoms with Crippen LogP contribution in [-0.4, -0.2) is 46.6 Å². The lowest BCUT2D eigenvalue weighted by Gasteiger charge is -2.37. The SMILES string of the molecule is CN1CCN(N)C(c2ccnc3scnc23)C1. The Balaban J connectivity index is 2.04. The van der Waals surface area contributed by atoms with Crippen molar-refractivity contribution in [1.82, 2.24) is 19.9 Å². The lowest BCUT2D eigenvalue weighted by atomic mass is 10.0. The van der Waals surface area contributed by atoms with Gasteiger partial charge in [-0.1, -0.05) is 0 Å². The molecule has 2 aromatic heterocycles. The molecule has 1 saturated heterocycles. The summed E-state index contributed by atoms with van der Waals surface area (Å²) < 4.78 is 0. The molecule has 1 unspecified atom stereocenters. The largest absolute Gasteiger partial charge is 0.303 e. The average molecular weight is 249 g/mol. The van der Waals surface area contributed by atoms with E-state index < -0.39 is 0 Å². The molecule has 2 aromatic rings. The monoisotopic (exact) mass is 249 g/mol. The number of pyridine rings is 1. The maximum absolute atomic E-state index is 6.09. The molecule has 3 rings (SSSR count). The summed E-state index contributed by atoms with van der Waals surface area (Å²) in [5, 5.41) is 1.91. The second-order valence-corrected chi connectivity index (χ2v) is 5.26. The van der Waals surface area contributed by atoms with E-state index in [1.54, 1.807) is 11.3 Å². The van der Waals surface area contributed by atoms with E-state index in [9.17, 15) is 0 Å². The summed E-state index contributed by atoms with van der Waals surface area (Å²) in [7, 11) is 2.12. The van der Waals surface area contributed by atoms with Crippen LogP contribution < -0.4 is 5.84 Å². The maximum Gasteiger partial charge on any atom is 0.143 e. The van der Waals surface area contributed by atoms with Gasteiger partial charge in [0.1, 0.15) is 10.3 Å². The van der Waals surface area contributed by atoms with Gasteiger partial charge in [-0.05, 0) is 13.1 Å². The van der Waals surface area contributed by atoms with Crippen molar-refractivity contribution in [2.45, 2.75) is 6.04 Å². The van der Waals surface area contributed by atoms with E-state index >= 15 is 0 Å². The molecule has 2 N–H and O–H groups in total. The molecule has 0 spiro atoms. The minimum absolute atomic E-state index is 0.210. The number of hydrogen-bond acceptors (Lipinski definition) is 6. The third-order valence-corrected chi connectivity index (χ3v) is 3.98. The first-order valence-electron chi connectivity index (χ1n) is 5.63. The van der Waals surface area contributed by atoms with Gasteiger partial charge >= 0.3 is 0 Å². The number of hydrazine groups is 1. The lowest BCUT2D eigenvalue weighted by Crippen LogP contribution is -2.50. The van der Waals surface area contributed by atoms with Gasteiger partial charge in [0.25, 0.3) is 0 Å². The topological polar surface area (TPSA) is 58.3 Å². The Morgan fingerprint density at radius 1 is 1.41 bits per heavy atom. The Morgan fingerprint density at radius 2 is 2.29 bits per heavy atom. The lowest BCUT2D eigenvalue weighted by molar-refractivity contribution is 0.0912. The molecule has 3 heterocycles. The van der Waals surface area contributed by atoms with Gasteiger partial charge in [0.2, 0.25) is 0 Å². The summed E-state index contributed by atoms with van der Waals surface area (Å²) in [4.78, 5) is 12.0. The van der Waals surface area contributed by atoms with E-state index in [1.807, 2.05) is 22.8 Å². The van der Waals surface area contributed by atoms with Gasteiger partial charge in [-0.2, -0.15) is 0 Å². The van der Waals surface area contributed by atoms with Crippen LogP contribution in [0.15, 0.2) is 17.8 Å². The summed E-state index contributed by atoms with van der Waals surface area (Å²) >= 11 is 1.57. The van der Waals surface area contributed by atoms with Crippen LogP contribution in [0.1, 0.15) is 11.6 Å². The molecule has 6 heteroatoms. The normalized spacial score (nSPS) is 23.3. The fourth-order valence-electron chi connectivity index (χ4n) is 2.27. The van der Waals surface area contributed by atoms with E-state index in [4.69, 9.17) is 5.84 Å². The van der Waals surface area contributed by atoms with E-state index in [-0.39, 0.29) is 6.04 Å². The molecule has 1 aliphatic heterocycles. The fraction of sp³-hybridized carbons (Fsp3) is 0.455. The Bertz CT molecular complexity index is 525. The fourth-order valence-corrected chi connectivity index (χ4v) is 2.93. The molecule has 90 valence electrons. The third-order valence-electron chi connectivity index (χ3n) is 3.25. The highest BCUT2D eigenvalue weighted by atomic mass is 32.1. The number of rotatable bonds is 1. The number of hydrogen-bond donors (Lipinski definition) is 1. The van der Waals surface area contributed by atoms with E-state index in [1.165, 1.54) is 5.56 Å². The summed E-state index contributed by atoms with van der Waals surface area (Å²) in [5.41, 5.74) is 4.02. The van der Waals surface area contributed by atoms with E-state index in [0.29, 0.717) is 0 Å².